The van der Waals surface area contributed by atoms with Gasteiger partial charge in [-0.05, 0) is 18.2 Å². The molecule has 0 saturated carbocycles. The highest BCUT2D eigenvalue weighted by Crippen LogP contribution is 2.19. The Balaban J connectivity index is 2.68. The summed E-state index contributed by atoms with van der Waals surface area (Å²) in [5.41, 5.74) is 0.599. The molecule has 1 N–H and O–H groups in total. The van der Waals surface area contributed by atoms with E-state index in [4.69, 9.17) is 16.3 Å². The first-order valence-corrected chi connectivity index (χ1v) is 6.21. The van der Waals surface area contributed by atoms with E-state index in [9.17, 15) is 9.59 Å². The lowest BCUT2D eigenvalue weighted by atomic mass is 10.2. The van der Waals surface area contributed by atoms with Gasteiger partial charge in [-0.15, -0.1) is 0 Å². The second kappa shape index (κ2) is 7.76. The number of nitrogens with zero attached hydrogens (tertiary/aromatic N) is 1. The van der Waals surface area contributed by atoms with Gasteiger partial charge in [0.15, 0.2) is 0 Å². The van der Waals surface area contributed by atoms with Crippen molar-refractivity contribution in [1.82, 2.24) is 5.32 Å². The van der Waals surface area contributed by atoms with Crippen molar-refractivity contribution in [3.8, 4) is 0 Å². The van der Waals surface area contributed by atoms with Crippen LogP contribution in [0.5, 0.6) is 0 Å². The van der Waals surface area contributed by atoms with Crippen LogP contribution >= 0.6 is 11.6 Å². The van der Waals surface area contributed by atoms with E-state index in [0.717, 1.165) is 0 Å². The number of ether oxygens (including phenoxy) is 1. The molecule has 2 amide bonds. The Bertz CT molecular complexity index is 451. The Morgan fingerprint density at radius 2 is 2.16 bits per heavy atom. The van der Waals surface area contributed by atoms with E-state index in [2.05, 4.69) is 5.32 Å². The van der Waals surface area contributed by atoms with Crippen LogP contribution in [-0.4, -0.2) is 38.6 Å². The van der Waals surface area contributed by atoms with Crippen molar-refractivity contribution in [3.63, 3.8) is 0 Å². The number of methoxy groups -OCH3 is 1. The average Bonchev–Trinajstić information content (AvgIpc) is 2.36. The number of benzene rings is 1. The Hall–Kier alpha value is -1.59. The quantitative estimate of drug-likeness (QED) is 0.805. The van der Waals surface area contributed by atoms with E-state index in [1.807, 2.05) is 0 Å². The van der Waals surface area contributed by atoms with Gasteiger partial charge in [0.25, 0.3) is 0 Å². The van der Waals surface area contributed by atoms with Crippen molar-refractivity contribution < 1.29 is 14.3 Å². The molecule has 6 heteroatoms. The van der Waals surface area contributed by atoms with Gasteiger partial charge in [0.1, 0.15) is 6.54 Å². The lowest BCUT2D eigenvalue weighted by Gasteiger charge is -2.20. The number of nitrogens with one attached hydrogen (secondary N) is 1. The molecule has 0 aliphatic rings. The summed E-state index contributed by atoms with van der Waals surface area (Å²) in [6, 6.07) is 6.82. The lowest BCUT2D eigenvalue weighted by Crippen LogP contribution is -2.40. The summed E-state index contributed by atoms with van der Waals surface area (Å²) < 4.78 is 4.83. The molecule has 1 rings (SSSR count). The minimum absolute atomic E-state index is 0.0423. The zero-order chi connectivity index (χ0) is 14.3. The van der Waals surface area contributed by atoms with Gasteiger partial charge in [-0.2, -0.15) is 0 Å². The van der Waals surface area contributed by atoms with E-state index >= 15 is 0 Å². The van der Waals surface area contributed by atoms with Gasteiger partial charge >= 0.3 is 0 Å². The second-order valence-corrected chi connectivity index (χ2v) is 4.36. The smallest absolute Gasteiger partial charge is 0.240 e. The second-order valence-electron chi connectivity index (χ2n) is 3.93. The molecule has 0 aromatic heterocycles. The number of halogens is 1. The third-order valence-electron chi connectivity index (χ3n) is 2.43. The Morgan fingerprint density at radius 3 is 2.74 bits per heavy atom. The van der Waals surface area contributed by atoms with Gasteiger partial charge in [0, 0.05) is 31.3 Å². The summed E-state index contributed by atoms with van der Waals surface area (Å²) in [5.74, 6) is -0.462. The first-order valence-electron chi connectivity index (χ1n) is 5.84. The number of hydrogen-bond donors (Lipinski definition) is 1. The molecular formula is C13H17ClN2O3. The predicted molar refractivity (Wildman–Crippen MR) is 74.4 cm³/mol. The van der Waals surface area contributed by atoms with E-state index in [1.165, 1.54) is 11.8 Å². The minimum Gasteiger partial charge on any atom is -0.383 e. The van der Waals surface area contributed by atoms with E-state index in [1.54, 1.807) is 31.4 Å². The highest BCUT2D eigenvalue weighted by Gasteiger charge is 2.15. The number of amides is 2. The minimum atomic E-state index is -0.243. The van der Waals surface area contributed by atoms with Crippen molar-refractivity contribution in [2.45, 2.75) is 6.92 Å². The summed E-state index contributed by atoms with van der Waals surface area (Å²) >= 11 is 5.88. The highest BCUT2D eigenvalue weighted by molar-refractivity contribution is 6.30. The van der Waals surface area contributed by atoms with Crippen molar-refractivity contribution in [3.05, 3.63) is 29.3 Å². The Kier molecular flexibility index (Phi) is 6.32. The molecule has 0 bridgehead atoms. The molecule has 0 fully saturated rings. The third kappa shape index (κ3) is 5.28. The molecule has 104 valence electrons. The van der Waals surface area contributed by atoms with Crippen LogP contribution in [0.25, 0.3) is 0 Å². The number of carbonyl (C=O) groups is 2. The molecule has 5 nitrogen and oxygen atoms in total. The maximum absolute atomic E-state index is 11.7. The molecule has 0 aliphatic carbocycles. The van der Waals surface area contributed by atoms with Crippen LogP contribution < -0.4 is 10.2 Å². The zero-order valence-electron chi connectivity index (χ0n) is 11.0. The Morgan fingerprint density at radius 1 is 1.42 bits per heavy atom. The van der Waals surface area contributed by atoms with Crippen molar-refractivity contribution >= 4 is 29.1 Å². The summed E-state index contributed by atoms with van der Waals surface area (Å²) in [6.45, 7) is 2.21. The van der Waals surface area contributed by atoms with Gasteiger partial charge in [0.05, 0.1) is 6.61 Å². The van der Waals surface area contributed by atoms with Crippen LogP contribution in [0.1, 0.15) is 6.92 Å². The molecule has 0 aliphatic heterocycles. The first kappa shape index (κ1) is 15.5. The van der Waals surface area contributed by atoms with E-state index in [0.29, 0.717) is 23.9 Å². The van der Waals surface area contributed by atoms with Crippen LogP contribution in [0.15, 0.2) is 24.3 Å². The monoisotopic (exact) mass is 284 g/mol. The molecule has 0 radical (unpaired) electrons. The maximum Gasteiger partial charge on any atom is 0.240 e. The van der Waals surface area contributed by atoms with Crippen LogP contribution in [0.4, 0.5) is 5.69 Å². The standard InChI is InChI=1S/C13H17ClN2O3/c1-10(17)16(9-13(18)15-6-7-19-2)12-5-3-4-11(14)8-12/h3-5,8H,6-7,9H2,1-2H3,(H,15,18). The molecule has 0 spiro atoms. The number of carbonyl (C=O) groups excluding carboxylic acids is 2. The van der Waals surface area contributed by atoms with Crippen molar-refractivity contribution in [2.75, 3.05) is 31.7 Å². The summed E-state index contributed by atoms with van der Waals surface area (Å²) in [4.78, 5) is 24.7. The van der Waals surface area contributed by atoms with E-state index < -0.39 is 0 Å². The van der Waals surface area contributed by atoms with Crippen molar-refractivity contribution in [2.24, 2.45) is 0 Å². The highest BCUT2D eigenvalue weighted by atomic mass is 35.5. The normalized spacial score (nSPS) is 10.1. The van der Waals surface area contributed by atoms with Crippen LogP contribution in [0.3, 0.4) is 0 Å². The molecule has 19 heavy (non-hydrogen) atoms. The predicted octanol–water partition coefficient (Wildman–Crippen LogP) is 1.46. The SMILES string of the molecule is COCCNC(=O)CN(C(C)=O)c1cccc(Cl)c1. The van der Waals surface area contributed by atoms with Gasteiger partial charge < -0.3 is 15.0 Å². The molecule has 0 heterocycles. The van der Waals surface area contributed by atoms with Crippen molar-refractivity contribution in [1.29, 1.82) is 0 Å². The fraction of sp³-hybridized carbons (Fsp3) is 0.385. The van der Waals surface area contributed by atoms with Gasteiger partial charge in [-0.25, -0.2) is 0 Å². The van der Waals surface area contributed by atoms with Gasteiger partial charge in [-0.3, -0.25) is 9.59 Å². The lowest BCUT2D eigenvalue weighted by molar-refractivity contribution is -0.123. The number of hydrogen-bond acceptors (Lipinski definition) is 3. The van der Waals surface area contributed by atoms with Crippen LogP contribution in [0.2, 0.25) is 5.02 Å². The molecule has 0 atom stereocenters. The zero-order valence-corrected chi connectivity index (χ0v) is 11.7. The fourth-order valence-corrected chi connectivity index (χ4v) is 1.70. The maximum atomic E-state index is 11.7. The van der Waals surface area contributed by atoms with Crippen LogP contribution in [0, 0.1) is 0 Å². The fourth-order valence-electron chi connectivity index (χ4n) is 1.52. The molecule has 1 aromatic carbocycles. The largest absolute Gasteiger partial charge is 0.383 e. The number of anilines is 1. The van der Waals surface area contributed by atoms with E-state index in [-0.39, 0.29) is 18.4 Å². The topological polar surface area (TPSA) is 58.6 Å². The molecular weight excluding hydrogens is 268 g/mol. The van der Waals surface area contributed by atoms with Gasteiger partial charge in [0.2, 0.25) is 11.8 Å². The summed E-state index contributed by atoms with van der Waals surface area (Å²) in [6.07, 6.45) is 0. The summed E-state index contributed by atoms with van der Waals surface area (Å²) in [7, 11) is 1.56. The summed E-state index contributed by atoms with van der Waals surface area (Å²) in [5, 5.41) is 3.18. The molecule has 1 aromatic rings. The first-order chi connectivity index (χ1) is 9.04. The third-order valence-corrected chi connectivity index (χ3v) is 2.67. The molecule has 0 saturated heterocycles. The Labute approximate surface area is 117 Å². The average molecular weight is 285 g/mol. The van der Waals surface area contributed by atoms with Crippen LogP contribution in [-0.2, 0) is 14.3 Å². The number of rotatable bonds is 6. The van der Waals surface area contributed by atoms with Gasteiger partial charge in [-0.1, -0.05) is 17.7 Å². The molecule has 0 unspecified atom stereocenters.